The van der Waals surface area contributed by atoms with E-state index in [-0.39, 0.29) is 11.9 Å². The molecule has 1 heterocycles. The fourth-order valence-corrected chi connectivity index (χ4v) is 3.11. The van der Waals surface area contributed by atoms with E-state index < -0.39 is 0 Å². The van der Waals surface area contributed by atoms with E-state index in [4.69, 9.17) is 9.47 Å². The van der Waals surface area contributed by atoms with Crippen LogP contribution in [0.5, 0.6) is 5.75 Å². The van der Waals surface area contributed by atoms with Gasteiger partial charge in [-0.05, 0) is 44.0 Å². The highest BCUT2D eigenvalue weighted by molar-refractivity contribution is 7.15. The van der Waals surface area contributed by atoms with Crippen LogP contribution < -0.4 is 4.74 Å². The van der Waals surface area contributed by atoms with Crippen LogP contribution >= 0.6 is 11.3 Å². The molecule has 0 spiro atoms. The number of ether oxygens (including phenoxy) is 2. The van der Waals surface area contributed by atoms with Gasteiger partial charge in [-0.3, -0.25) is 0 Å². The van der Waals surface area contributed by atoms with Crippen molar-refractivity contribution in [3.8, 4) is 16.3 Å². The summed E-state index contributed by atoms with van der Waals surface area (Å²) in [4.78, 5) is 17.5. The molecule has 118 valence electrons. The van der Waals surface area contributed by atoms with E-state index >= 15 is 0 Å². The number of nitrogens with zero attached hydrogens (tertiary/aromatic N) is 1. The first kappa shape index (κ1) is 16.5. The molecular formula is C17H21NO3S. The normalized spacial score (nSPS) is 10.8. The third-order valence-electron chi connectivity index (χ3n) is 3.06. The van der Waals surface area contributed by atoms with Crippen molar-refractivity contribution in [2.45, 2.75) is 33.6 Å². The van der Waals surface area contributed by atoms with Crippen LogP contribution in [0.1, 0.15) is 49.0 Å². The predicted molar refractivity (Wildman–Crippen MR) is 88.8 cm³/mol. The van der Waals surface area contributed by atoms with Gasteiger partial charge in [-0.25, -0.2) is 9.78 Å². The van der Waals surface area contributed by atoms with Crippen molar-refractivity contribution < 1.29 is 14.3 Å². The van der Waals surface area contributed by atoms with Crippen LogP contribution in [-0.4, -0.2) is 24.2 Å². The zero-order chi connectivity index (χ0) is 16.1. The van der Waals surface area contributed by atoms with Crippen LogP contribution in [-0.2, 0) is 4.74 Å². The van der Waals surface area contributed by atoms with E-state index in [0.29, 0.717) is 18.9 Å². The van der Waals surface area contributed by atoms with Crippen molar-refractivity contribution in [2.24, 2.45) is 0 Å². The summed E-state index contributed by atoms with van der Waals surface area (Å²) in [6, 6.07) is 7.75. The Morgan fingerprint density at radius 3 is 2.41 bits per heavy atom. The molecule has 0 atom stereocenters. The van der Waals surface area contributed by atoms with Gasteiger partial charge in [0.25, 0.3) is 0 Å². The summed E-state index contributed by atoms with van der Waals surface area (Å²) < 4.78 is 10.5. The largest absolute Gasteiger partial charge is 0.494 e. The van der Waals surface area contributed by atoms with Crippen molar-refractivity contribution >= 4 is 17.3 Å². The van der Waals surface area contributed by atoms with Gasteiger partial charge in [-0.1, -0.05) is 13.8 Å². The molecule has 4 nitrogen and oxygen atoms in total. The van der Waals surface area contributed by atoms with E-state index in [1.54, 1.807) is 18.3 Å². The van der Waals surface area contributed by atoms with Crippen LogP contribution in [0, 0.1) is 0 Å². The first-order valence-electron chi connectivity index (χ1n) is 7.47. The van der Waals surface area contributed by atoms with Gasteiger partial charge >= 0.3 is 5.97 Å². The molecule has 22 heavy (non-hydrogen) atoms. The van der Waals surface area contributed by atoms with Crippen LogP contribution in [0.2, 0.25) is 0 Å². The van der Waals surface area contributed by atoms with Gasteiger partial charge in [0, 0.05) is 10.4 Å². The number of carbonyl (C=O) groups excluding carboxylic acids is 1. The molecule has 2 rings (SSSR count). The predicted octanol–water partition coefficient (Wildman–Crippen LogP) is 4.51. The first-order valence-corrected chi connectivity index (χ1v) is 8.29. The molecule has 0 unspecified atom stereocenters. The lowest BCUT2D eigenvalue weighted by molar-refractivity contribution is 0.0519. The van der Waals surface area contributed by atoms with E-state index in [0.717, 1.165) is 21.2 Å². The third-order valence-corrected chi connectivity index (χ3v) is 4.46. The molecule has 1 aromatic carbocycles. The maximum absolute atomic E-state index is 12.1. The van der Waals surface area contributed by atoms with Crippen LogP contribution in [0.3, 0.4) is 0 Å². The summed E-state index contributed by atoms with van der Waals surface area (Å²) in [6.45, 7) is 8.85. The lowest BCUT2D eigenvalue weighted by Gasteiger charge is -2.03. The van der Waals surface area contributed by atoms with E-state index in [1.807, 2.05) is 31.2 Å². The Kier molecular flexibility index (Phi) is 5.55. The van der Waals surface area contributed by atoms with Crippen LogP contribution in [0.4, 0.5) is 0 Å². The minimum absolute atomic E-state index is 0.230. The molecule has 1 aromatic heterocycles. The number of carbonyl (C=O) groups is 1. The number of benzene rings is 1. The second-order valence-corrected chi connectivity index (χ2v) is 6.10. The summed E-state index contributed by atoms with van der Waals surface area (Å²) in [5.74, 6) is 0.713. The van der Waals surface area contributed by atoms with E-state index in [1.165, 1.54) is 0 Å². The quantitative estimate of drug-likeness (QED) is 0.735. The molecule has 0 bridgehead atoms. The number of esters is 1. The highest BCUT2D eigenvalue weighted by Gasteiger charge is 2.21. The SMILES string of the molecule is CCOC(=O)c1nc(-c2ccc(OCC)cc2)sc1C(C)C. The minimum atomic E-state index is -0.348. The number of hydrogen-bond acceptors (Lipinski definition) is 5. The maximum Gasteiger partial charge on any atom is 0.358 e. The summed E-state index contributed by atoms with van der Waals surface area (Å²) in [7, 11) is 0. The van der Waals surface area contributed by atoms with Gasteiger partial charge in [0.2, 0.25) is 0 Å². The van der Waals surface area contributed by atoms with Crippen molar-refractivity contribution in [1.29, 1.82) is 0 Å². The molecular weight excluding hydrogens is 298 g/mol. The fraction of sp³-hybridized carbons (Fsp3) is 0.412. The van der Waals surface area contributed by atoms with Crippen molar-refractivity contribution in [3.63, 3.8) is 0 Å². The summed E-state index contributed by atoms with van der Waals surface area (Å²) in [5, 5.41) is 0.829. The Labute approximate surface area is 135 Å². The number of hydrogen-bond donors (Lipinski definition) is 0. The number of rotatable bonds is 6. The summed E-state index contributed by atoms with van der Waals surface area (Å²) in [6.07, 6.45) is 0. The van der Waals surface area contributed by atoms with Crippen molar-refractivity contribution in [1.82, 2.24) is 4.98 Å². The van der Waals surface area contributed by atoms with E-state index in [2.05, 4.69) is 18.8 Å². The highest BCUT2D eigenvalue weighted by atomic mass is 32.1. The average Bonchev–Trinajstić information content (AvgIpc) is 2.94. The lowest BCUT2D eigenvalue weighted by Crippen LogP contribution is -2.08. The molecule has 5 heteroatoms. The number of thiazole rings is 1. The topological polar surface area (TPSA) is 48.4 Å². The molecule has 2 aromatic rings. The molecule has 0 aliphatic carbocycles. The van der Waals surface area contributed by atoms with Crippen molar-refractivity contribution in [2.75, 3.05) is 13.2 Å². The molecule has 0 amide bonds. The minimum Gasteiger partial charge on any atom is -0.494 e. The highest BCUT2D eigenvalue weighted by Crippen LogP contribution is 2.33. The molecule has 0 radical (unpaired) electrons. The van der Waals surface area contributed by atoms with Gasteiger partial charge in [0.1, 0.15) is 10.8 Å². The standard InChI is InChI=1S/C17H21NO3S/c1-5-20-13-9-7-12(8-10-13)16-18-14(17(19)21-6-2)15(22-16)11(3)4/h7-11H,5-6H2,1-4H3. The summed E-state index contributed by atoms with van der Waals surface area (Å²) in [5.41, 5.74) is 1.41. The molecule has 0 N–H and O–H groups in total. The third kappa shape index (κ3) is 3.65. The molecule has 0 aliphatic heterocycles. The Morgan fingerprint density at radius 1 is 1.18 bits per heavy atom. The fourth-order valence-electron chi connectivity index (χ4n) is 2.05. The number of aromatic nitrogens is 1. The van der Waals surface area contributed by atoms with Gasteiger partial charge < -0.3 is 9.47 Å². The Balaban J connectivity index is 2.35. The van der Waals surface area contributed by atoms with Gasteiger partial charge in [-0.2, -0.15) is 0 Å². The van der Waals surface area contributed by atoms with Crippen LogP contribution in [0.25, 0.3) is 10.6 Å². The zero-order valence-corrected chi connectivity index (χ0v) is 14.2. The molecule has 0 saturated carbocycles. The van der Waals surface area contributed by atoms with E-state index in [9.17, 15) is 4.79 Å². The Bertz CT molecular complexity index is 632. The van der Waals surface area contributed by atoms with Crippen LogP contribution in [0.15, 0.2) is 24.3 Å². The van der Waals surface area contributed by atoms with Gasteiger partial charge in [0.05, 0.1) is 13.2 Å². The first-order chi connectivity index (χ1) is 10.6. The Morgan fingerprint density at radius 2 is 1.86 bits per heavy atom. The monoisotopic (exact) mass is 319 g/mol. The van der Waals surface area contributed by atoms with Gasteiger partial charge in [-0.15, -0.1) is 11.3 Å². The lowest BCUT2D eigenvalue weighted by atomic mass is 10.1. The second-order valence-electron chi connectivity index (χ2n) is 5.06. The summed E-state index contributed by atoms with van der Waals surface area (Å²) >= 11 is 1.54. The molecule has 0 fully saturated rings. The molecule has 0 saturated heterocycles. The average molecular weight is 319 g/mol. The van der Waals surface area contributed by atoms with Gasteiger partial charge in [0.15, 0.2) is 5.69 Å². The zero-order valence-electron chi connectivity index (χ0n) is 13.4. The Hall–Kier alpha value is -1.88. The smallest absolute Gasteiger partial charge is 0.358 e. The maximum atomic E-state index is 12.1. The molecule has 0 aliphatic rings. The second kappa shape index (κ2) is 7.40. The van der Waals surface area contributed by atoms with Crippen molar-refractivity contribution in [3.05, 3.63) is 34.8 Å².